The molecule has 8 heteroatoms. The minimum atomic E-state index is -3.43. The summed E-state index contributed by atoms with van der Waals surface area (Å²) in [4.78, 5) is 24.1. The average Bonchev–Trinajstić information content (AvgIpc) is 2.54. The Kier molecular flexibility index (Phi) is 5.76. The Labute approximate surface area is 146 Å². The molecule has 0 saturated carbocycles. The number of amides is 1. The maximum atomic E-state index is 12.3. The predicted molar refractivity (Wildman–Crippen MR) is 95.3 cm³/mol. The molecule has 0 aliphatic heterocycles. The highest BCUT2D eigenvalue weighted by Gasteiger charge is 2.11. The predicted octanol–water partition coefficient (Wildman–Crippen LogP) is 2.49. The number of esters is 1. The van der Waals surface area contributed by atoms with Gasteiger partial charge in [0.25, 0.3) is 5.91 Å². The van der Waals surface area contributed by atoms with Gasteiger partial charge in [0.05, 0.1) is 18.4 Å². The first kappa shape index (κ1) is 18.5. The van der Waals surface area contributed by atoms with Crippen molar-refractivity contribution in [3.05, 3.63) is 59.7 Å². The van der Waals surface area contributed by atoms with Crippen LogP contribution in [0.1, 0.15) is 27.6 Å². The van der Waals surface area contributed by atoms with Crippen LogP contribution in [-0.2, 0) is 14.8 Å². The molecule has 132 valence electrons. The second kappa shape index (κ2) is 7.80. The van der Waals surface area contributed by atoms with Gasteiger partial charge in [-0.2, -0.15) is 0 Å². The van der Waals surface area contributed by atoms with Crippen molar-refractivity contribution in [3.8, 4) is 0 Å². The summed E-state index contributed by atoms with van der Waals surface area (Å²) in [5, 5.41) is 2.66. The second-order valence-electron chi connectivity index (χ2n) is 5.21. The molecule has 0 aliphatic rings. The van der Waals surface area contributed by atoms with E-state index in [1.807, 2.05) is 0 Å². The summed E-state index contributed by atoms with van der Waals surface area (Å²) in [7, 11) is -3.43. The maximum Gasteiger partial charge on any atom is 0.338 e. The van der Waals surface area contributed by atoms with Crippen molar-refractivity contribution in [3.63, 3.8) is 0 Å². The number of nitrogens with one attached hydrogen (secondary N) is 2. The average molecular weight is 362 g/mol. The Bertz CT molecular complexity index is 893. The van der Waals surface area contributed by atoms with E-state index in [1.165, 1.54) is 12.1 Å². The van der Waals surface area contributed by atoms with Gasteiger partial charge in [-0.1, -0.05) is 12.1 Å². The summed E-state index contributed by atoms with van der Waals surface area (Å²) in [5.74, 6) is -0.906. The van der Waals surface area contributed by atoms with E-state index in [1.54, 1.807) is 43.3 Å². The molecule has 0 unspecified atom stereocenters. The first-order valence-corrected chi connectivity index (χ1v) is 9.34. The first-order valence-electron chi connectivity index (χ1n) is 7.45. The molecule has 2 rings (SSSR count). The van der Waals surface area contributed by atoms with Crippen molar-refractivity contribution in [1.82, 2.24) is 0 Å². The largest absolute Gasteiger partial charge is 0.462 e. The number of rotatable bonds is 6. The molecule has 0 aromatic heterocycles. The van der Waals surface area contributed by atoms with Crippen LogP contribution in [0.15, 0.2) is 48.5 Å². The smallest absolute Gasteiger partial charge is 0.338 e. The van der Waals surface area contributed by atoms with E-state index in [0.29, 0.717) is 11.3 Å². The molecule has 0 spiro atoms. The third kappa shape index (κ3) is 5.61. The Morgan fingerprint density at radius 2 is 1.60 bits per heavy atom. The summed E-state index contributed by atoms with van der Waals surface area (Å²) in [6.07, 6.45) is 1.03. The third-order valence-electron chi connectivity index (χ3n) is 3.06. The van der Waals surface area contributed by atoms with Crippen LogP contribution in [-0.4, -0.2) is 33.2 Å². The Morgan fingerprint density at radius 1 is 1.00 bits per heavy atom. The summed E-state index contributed by atoms with van der Waals surface area (Å²) in [6.45, 7) is 1.97. The van der Waals surface area contributed by atoms with Crippen molar-refractivity contribution in [2.45, 2.75) is 6.92 Å². The zero-order chi connectivity index (χ0) is 18.4. The monoisotopic (exact) mass is 362 g/mol. The van der Waals surface area contributed by atoms with Gasteiger partial charge in [0.2, 0.25) is 10.0 Å². The van der Waals surface area contributed by atoms with E-state index in [9.17, 15) is 18.0 Å². The van der Waals surface area contributed by atoms with Crippen molar-refractivity contribution in [2.24, 2.45) is 0 Å². The Balaban J connectivity index is 2.16. The van der Waals surface area contributed by atoms with Gasteiger partial charge >= 0.3 is 5.97 Å². The summed E-state index contributed by atoms with van der Waals surface area (Å²) >= 11 is 0. The molecule has 0 atom stereocenters. The van der Waals surface area contributed by atoms with Crippen molar-refractivity contribution in [2.75, 3.05) is 22.9 Å². The standard InChI is InChI=1S/C17H18N2O5S/c1-3-24-17(21)13-7-5-8-14(11-13)18-16(20)12-6-4-9-15(10-12)19-25(2,22)23/h4-11,19H,3H2,1-2H3,(H,18,20). The molecule has 2 N–H and O–H groups in total. The van der Waals surface area contributed by atoms with Crippen LogP contribution in [0.25, 0.3) is 0 Å². The quantitative estimate of drug-likeness (QED) is 0.769. The molecular formula is C17H18N2O5S. The van der Waals surface area contributed by atoms with Crippen molar-refractivity contribution in [1.29, 1.82) is 0 Å². The second-order valence-corrected chi connectivity index (χ2v) is 6.96. The number of benzene rings is 2. The lowest BCUT2D eigenvalue weighted by Gasteiger charge is -2.09. The van der Waals surface area contributed by atoms with E-state index in [4.69, 9.17) is 4.74 Å². The zero-order valence-corrected chi connectivity index (χ0v) is 14.6. The first-order chi connectivity index (χ1) is 11.8. The SMILES string of the molecule is CCOC(=O)c1cccc(NC(=O)c2cccc(NS(C)(=O)=O)c2)c1. The highest BCUT2D eigenvalue weighted by Crippen LogP contribution is 2.16. The van der Waals surface area contributed by atoms with Crippen LogP contribution in [0.3, 0.4) is 0 Å². The number of carbonyl (C=O) groups excluding carboxylic acids is 2. The molecule has 7 nitrogen and oxygen atoms in total. The van der Waals surface area contributed by atoms with Gasteiger partial charge in [-0.05, 0) is 43.3 Å². The van der Waals surface area contributed by atoms with Crippen LogP contribution < -0.4 is 10.0 Å². The third-order valence-corrected chi connectivity index (χ3v) is 3.67. The topological polar surface area (TPSA) is 102 Å². The van der Waals surface area contributed by atoms with E-state index >= 15 is 0 Å². The van der Waals surface area contributed by atoms with Crippen molar-refractivity contribution >= 4 is 33.3 Å². The fourth-order valence-electron chi connectivity index (χ4n) is 2.08. The van der Waals surface area contributed by atoms with E-state index in [-0.39, 0.29) is 17.9 Å². The molecule has 2 aromatic carbocycles. The van der Waals surface area contributed by atoms with E-state index < -0.39 is 21.9 Å². The van der Waals surface area contributed by atoms with Crippen LogP contribution >= 0.6 is 0 Å². The number of hydrogen-bond donors (Lipinski definition) is 2. The van der Waals surface area contributed by atoms with Gasteiger partial charge < -0.3 is 10.1 Å². The molecule has 0 fully saturated rings. The fourth-order valence-corrected chi connectivity index (χ4v) is 2.63. The lowest BCUT2D eigenvalue weighted by Crippen LogP contribution is -2.14. The lowest BCUT2D eigenvalue weighted by atomic mass is 10.1. The van der Waals surface area contributed by atoms with Crippen molar-refractivity contribution < 1.29 is 22.7 Å². The van der Waals surface area contributed by atoms with E-state index in [2.05, 4.69) is 10.0 Å². The van der Waals surface area contributed by atoms with Gasteiger partial charge in [0.1, 0.15) is 0 Å². The lowest BCUT2D eigenvalue weighted by molar-refractivity contribution is 0.0526. The Morgan fingerprint density at radius 3 is 2.24 bits per heavy atom. The zero-order valence-electron chi connectivity index (χ0n) is 13.8. The minimum Gasteiger partial charge on any atom is -0.462 e. The minimum absolute atomic E-state index is 0.259. The molecule has 0 saturated heterocycles. The van der Waals surface area contributed by atoms with E-state index in [0.717, 1.165) is 6.26 Å². The molecule has 25 heavy (non-hydrogen) atoms. The summed E-state index contributed by atoms with van der Waals surface area (Å²) < 4.78 is 29.8. The van der Waals surface area contributed by atoms with Gasteiger partial charge in [-0.25, -0.2) is 13.2 Å². The molecule has 0 aliphatic carbocycles. The highest BCUT2D eigenvalue weighted by atomic mass is 32.2. The Hall–Kier alpha value is -2.87. The van der Waals surface area contributed by atoms with Gasteiger partial charge in [0, 0.05) is 16.9 Å². The van der Waals surface area contributed by atoms with Gasteiger partial charge in [-0.15, -0.1) is 0 Å². The molecule has 0 radical (unpaired) electrons. The fraction of sp³-hybridized carbons (Fsp3) is 0.176. The summed E-state index contributed by atoms with van der Waals surface area (Å²) in [6, 6.07) is 12.4. The molecule has 0 bridgehead atoms. The van der Waals surface area contributed by atoms with Gasteiger partial charge in [-0.3, -0.25) is 9.52 Å². The molecular weight excluding hydrogens is 344 g/mol. The van der Waals surface area contributed by atoms with Crippen LogP contribution in [0.2, 0.25) is 0 Å². The van der Waals surface area contributed by atoms with Crippen LogP contribution in [0.4, 0.5) is 11.4 Å². The normalized spacial score (nSPS) is 10.8. The molecule has 2 aromatic rings. The van der Waals surface area contributed by atoms with Crippen LogP contribution in [0, 0.1) is 0 Å². The molecule has 1 amide bonds. The number of anilines is 2. The highest BCUT2D eigenvalue weighted by molar-refractivity contribution is 7.92. The van der Waals surface area contributed by atoms with Crippen LogP contribution in [0.5, 0.6) is 0 Å². The number of carbonyl (C=O) groups is 2. The molecule has 0 heterocycles. The summed E-state index contributed by atoms with van der Waals surface area (Å²) in [5.41, 5.74) is 1.31. The number of sulfonamides is 1. The maximum absolute atomic E-state index is 12.3. The van der Waals surface area contributed by atoms with Gasteiger partial charge in [0.15, 0.2) is 0 Å². The number of ether oxygens (including phenoxy) is 1. The number of hydrogen-bond acceptors (Lipinski definition) is 5.